The number of fused-ring (bicyclic) bond motifs is 1. The van der Waals surface area contributed by atoms with E-state index in [4.69, 9.17) is 0 Å². The third-order valence-corrected chi connectivity index (χ3v) is 4.15. The van der Waals surface area contributed by atoms with Crippen LogP contribution in [0.2, 0.25) is 0 Å². The van der Waals surface area contributed by atoms with Crippen molar-refractivity contribution in [1.82, 2.24) is 24.4 Å². The normalized spacial score (nSPS) is 10.9. The molecule has 0 unspecified atom stereocenters. The summed E-state index contributed by atoms with van der Waals surface area (Å²) >= 11 is 0. The van der Waals surface area contributed by atoms with Gasteiger partial charge >= 0.3 is 5.69 Å². The van der Waals surface area contributed by atoms with Crippen LogP contribution < -0.4 is 16.6 Å². The van der Waals surface area contributed by atoms with Gasteiger partial charge in [-0.2, -0.15) is 0 Å². The summed E-state index contributed by atoms with van der Waals surface area (Å²) in [5.41, 5.74) is -0.256. The summed E-state index contributed by atoms with van der Waals surface area (Å²) in [6.07, 6.45) is 6.83. The molecule has 2 heterocycles. The van der Waals surface area contributed by atoms with Gasteiger partial charge in [-0.1, -0.05) is 12.1 Å². The molecule has 0 aliphatic carbocycles. The molecule has 8 heteroatoms. The Kier molecular flexibility index (Phi) is 5.62. The molecule has 0 spiro atoms. The lowest BCUT2D eigenvalue weighted by atomic mass is 10.2. The molecule has 1 aromatic carbocycles. The highest BCUT2D eigenvalue weighted by Gasteiger charge is 2.08. The van der Waals surface area contributed by atoms with E-state index in [1.807, 2.05) is 10.8 Å². The Morgan fingerprint density at radius 3 is 2.81 bits per heavy atom. The van der Waals surface area contributed by atoms with Crippen LogP contribution in [0.25, 0.3) is 10.9 Å². The molecule has 136 valence electrons. The minimum atomic E-state index is -0.450. The number of aryl methyl sites for hydroxylation is 1. The van der Waals surface area contributed by atoms with E-state index >= 15 is 0 Å². The molecule has 0 radical (unpaired) electrons. The van der Waals surface area contributed by atoms with Crippen LogP contribution in [0.4, 0.5) is 0 Å². The van der Waals surface area contributed by atoms with E-state index in [-0.39, 0.29) is 24.4 Å². The zero-order valence-corrected chi connectivity index (χ0v) is 14.4. The summed E-state index contributed by atoms with van der Waals surface area (Å²) in [7, 11) is 0. The Morgan fingerprint density at radius 2 is 2.00 bits per heavy atom. The lowest BCUT2D eigenvalue weighted by Gasteiger charge is -2.07. The molecule has 8 nitrogen and oxygen atoms in total. The number of benzene rings is 1. The summed E-state index contributed by atoms with van der Waals surface area (Å²) in [4.78, 5) is 43.0. The fraction of sp³-hybridized carbons (Fsp3) is 0.333. The maximum absolute atomic E-state index is 12.4. The number of H-pyrrole nitrogens is 1. The lowest BCUT2D eigenvalue weighted by Crippen LogP contribution is -2.35. The van der Waals surface area contributed by atoms with E-state index in [0.29, 0.717) is 23.9 Å². The second kappa shape index (κ2) is 8.28. The van der Waals surface area contributed by atoms with Crippen LogP contribution in [0.5, 0.6) is 0 Å². The molecule has 2 aromatic heterocycles. The number of carbonyl (C=O) groups is 1. The van der Waals surface area contributed by atoms with E-state index in [1.54, 1.807) is 36.8 Å². The van der Waals surface area contributed by atoms with Crippen molar-refractivity contribution in [3.05, 3.63) is 63.8 Å². The SMILES string of the molecule is O=C(CCCn1c(=O)[nH]c2ccccc2c1=O)NCCCn1ccnc1. The molecule has 0 fully saturated rings. The zero-order chi connectivity index (χ0) is 18.4. The van der Waals surface area contributed by atoms with Crippen molar-refractivity contribution in [3.63, 3.8) is 0 Å². The van der Waals surface area contributed by atoms with Crippen molar-refractivity contribution >= 4 is 16.8 Å². The van der Waals surface area contributed by atoms with Crippen molar-refractivity contribution in [3.8, 4) is 0 Å². The number of nitrogens with one attached hydrogen (secondary N) is 2. The van der Waals surface area contributed by atoms with Crippen LogP contribution in [0, 0.1) is 0 Å². The maximum Gasteiger partial charge on any atom is 0.328 e. The van der Waals surface area contributed by atoms with Gasteiger partial charge in [0.15, 0.2) is 0 Å². The number of aromatic nitrogens is 4. The van der Waals surface area contributed by atoms with Crippen LogP contribution in [0.3, 0.4) is 0 Å². The largest absolute Gasteiger partial charge is 0.356 e. The average molecular weight is 355 g/mol. The molecular formula is C18H21N5O3. The van der Waals surface area contributed by atoms with Gasteiger partial charge in [-0.05, 0) is 25.0 Å². The Bertz CT molecular complexity index is 988. The standard InChI is InChI=1S/C18H21N5O3/c24-16(20-8-4-10-22-12-9-19-13-22)7-3-11-23-17(25)14-5-1-2-6-15(14)21-18(23)26/h1-2,5-6,9,12-13H,3-4,7-8,10-11H2,(H,20,24)(H,21,26). The number of hydrogen-bond donors (Lipinski definition) is 2. The summed E-state index contributed by atoms with van der Waals surface area (Å²) in [5, 5.41) is 3.31. The zero-order valence-electron chi connectivity index (χ0n) is 14.4. The number of hydrogen-bond acceptors (Lipinski definition) is 4. The van der Waals surface area contributed by atoms with E-state index in [1.165, 1.54) is 0 Å². The van der Waals surface area contributed by atoms with Gasteiger partial charge in [-0.3, -0.25) is 14.2 Å². The highest BCUT2D eigenvalue weighted by Crippen LogP contribution is 2.03. The molecule has 3 rings (SSSR count). The van der Waals surface area contributed by atoms with Crippen LogP contribution in [0.15, 0.2) is 52.6 Å². The second-order valence-electron chi connectivity index (χ2n) is 6.04. The molecule has 3 aromatic rings. The highest BCUT2D eigenvalue weighted by molar-refractivity contribution is 5.77. The average Bonchev–Trinajstić information content (AvgIpc) is 3.15. The Labute approximate surface area is 149 Å². The molecular weight excluding hydrogens is 334 g/mol. The molecule has 2 N–H and O–H groups in total. The molecule has 0 aliphatic rings. The monoisotopic (exact) mass is 355 g/mol. The topological polar surface area (TPSA) is 102 Å². The predicted octanol–water partition coefficient (Wildman–Crippen LogP) is 0.873. The molecule has 0 bridgehead atoms. The minimum Gasteiger partial charge on any atom is -0.356 e. The fourth-order valence-electron chi connectivity index (χ4n) is 2.80. The number of nitrogens with zero attached hydrogens (tertiary/aromatic N) is 3. The first kappa shape index (κ1) is 17.7. The van der Waals surface area contributed by atoms with Crippen molar-refractivity contribution in [2.75, 3.05) is 6.54 Å². The quantitative estimate of drug-likeness (QED) is 0.586. The lowest BCUT2D eigenvalue weighted by molar-refractivity contribution is -0.121. The van der Waals surface area contributed by atoms with Crippen LogP contribution in [-0.2, 0) is 17.9 Å². The number of aromatic amines is 1. The Morgan fingerprint density at radius 1 is 1.15 bits per heavy atom. The van der Waals surface area contributed by atoms with Crippen molar-refractivity contribution in [2.45, 2.75) is 32.4 Å². The predicted molar refractivity (Wildman–Crippen MR) is 97.9 cm³/mol. The smallest absolute Gasteiger partial charge is 0.328 e. The number of amides is 1. The number of imidazole rings is 1. The Balaban J connectivity index is 1.47. The van der Waals surface area contributed by atoms with Crippen molar-refractivity contribution in [2.24, 2.45) is 0 Å². The van der Waals surface area contributed by atoms with Gasteiger partial charge in [0.25, 0.3) is 5.56 Å². The fourth-order valence-corrected chi connectivity index (χ4v) is 2.80. The molecule has 0 saturated heterocycles. The molecule has 0 aliphatic heterocycles. The van der Waals surface area contributed by atoms with Crippen molar-refractivity contribution in [1.29, 1.82) is 0 Å². The molecule has 1 amide bonds. The van der Waals surface area contributed by atoms with Gasteiger partial charge < -0.3 is 14.9 Å². The summed E-state index contributed by atoms with van der Waals surface area (Å²) in [6, 6.07) is 6.89. The number of rotatable bonds is 8. The van der Waals surface area contributed by atoms with E-state index in [0.717, 1.165) is 17.5 Å². The first-order chi connectivity index (χ1) is 12.6. The van der Waals surface area contributed by atoms with Gasteiger partial charge in [-0.15, -0.1) is 0 Å². The van der Waals surface area contributed by atoms with Gasteiger partial charge in [0.1, 0.15) is 0 Å². The van der Waals surface area contributed by atoms with E-state index in [2.05, 4.69) is 15.3 Å². The molecule has 0 atom stereocenters. The van der Waals surface area contributed by atoms with E-state index < -0.39 is 5.69 Å². The minimum absolute atomic E-state index is 0.0825. The highest BCUT2D eigenvalue weighted by atomic mass is 16.2. The Hall–Kier alpha value is -3.16. The van der Waals surface area contributed by atoms with E-state index in [9.17, 15) is 14.4 Å². The van der Waals surface area contributed by atoms with Crippen LogP contribution >= 0.6 is 0 Å². The van der Waals surface area contributed by atoms with Crippen molar-refractivity contribution < 1.29 is 4.79 Å². The van der Waals surface area contributed by atoms with Crippen LogP contribution in [-0.4, -0.2) is 31.6 Å². The third kappa shape index (κ3) is 4.27. The summed E-state index contributed by atoms with van der Waals surface area (Å²) in [5.74, 6) is -0.0825. The third-order valence-electron chi connectivity index (χ3n) is 4.15. The number of para-hydroxylation sites is 1. The number of carbonyl (C=O) groups excluding carboxylic acids is 1. The first-order valence-corrected chi connectivity index (χ1v) is 8.59. The summed E-state index contributed by atoms with van der Waals surface area (Å²) < 4.78 is 3.10. The molecule has 0 saturated carbocycles. The second-order valence-corrected chi connectivity index (χ2v) is 6.04. The van der Waals surface area contributed by atoms with Gasteiger partial charge in [0, 0.05) is 38.4 Å². The molecule has 26 heavy (non-hydrogen) atoms. The van der Waals surface area contributed by atoms with Gasteiger partial charge in [-0.25, -0.2) is 9.78 Å². The first-order valence-electron chi connectivity index (χ1n) is 8.59. The maximum atomic E-state index is 12.4. The van der Waals surface area contributed by atoms with Crippen LogP contribution in [0.1, 0.15) is 19.3 Å². The summed E-state index contributed by atoms with van der Waals surface area (Å²) in [6.45, 7) is 1.58. The van der Waals surface area contributed by atoms with Gasteiger partial charge in [0.05, 0.1) is 17.2 Å². The van der Waals surface area contributed by atoms with Gasteiger partial charge in [0.2, 0.25) is 5.91 Å².